The molecule has 0 saturated heterocycles. The average molecular weight is 351 g/mol. The van der Waals surface area contributed by atoms with Gasteiger partial charge in [-0.25, -0.2) is 0 Å². The molecule has 1 atom stereocenters. The molecule has 4 nitrogen and oxygen atoms in total. The van der Waals surface area contributed by atoms with Crippen LogP contribution in [0.15, 0.2) is 30.5 Å². The number of fused-ring (bicyclic) bond motifs is 1. The van der Waals surface area contributed by atoms with Crippen molar-refractivity contribution < 1.29 is 4.79 Å². The summed E-state index contributed by atoms with van der Waals surface area (Å²) < 4.78 is 0. The van der Waals surface area contributed by atoms with Gasteiger partial charge in [-0.05, 0) is 37.6 Å². The number of carbonyl (C=O) groups excluding carboxylic acids is 1. The highest BCUT2D eigenvalue weighted by molar-refractivity contribution is 6.36. The third-order valence-electron chi connectivity index (χ3n) is 2.85. The first-order chi connectivity index (χ1) is 9.09. The maximum atomic E-state index is 12.1. The van der Waals surface area contributed by atoms with E-state index >= 15 is 0 Å². The molecule has 1 amide bonds. The molecule has 0 fully saturated rings. The highest BCUT2D eigenvalue weighted by atomic mass is 35.5. The molecule has 0 saturated carbocycles. The number of aromatic nitrogens is 1. The van der Waals surface area contributed by atoms with Crippen molar-refractivity contribution in [3.63, 3.8) is 0 Å². The quantitative estimate of drug-likeness (QED) is 0.889. The number of carbonyl (C=O) groups is 1. The predicted octanol–water partition coefficient (Wildman–Crippen LogP) is 3.20. The number of halogens is 3. The summed E-state index contributed by atoms with van der Waals surface area (Å²) in [5.41, 5.74) is 6.80. The highest BCUT2D eigenvalue weighted by Gasteiger charge is 2.12. The van der Waals surface area contributed by atoms with Gasteiger partial charge in [0, 0.05) is 24.2 Å². The number of pyridine rings is 1. The molecule has 21 heavy (non-hydrogen) atoms. The summed E-state index contributed by atoms with van der Waals surface area (Å²) in [5.74, 6) is -0.152. The van der Waals surface area contributed by atoms with Crippen LogP contribution < -0.4 is 11.1 Å². The second kappa shape index (κ2) is 9.05. The Bertz CT molecular complexity index is 605. The maximum Gasteiger partial charge on any atom is 0.253 e. The Balaban J connectivity index is 0.00000200. The summed E-state index contributed by atoms with van der Waals surface area (Å²) in [6.07, 6.45) is 2.39. The van der Waals surface area contributed by atoms with E-state index in [1.54, 1.807) is 24.4 Å². The topological polar surface area (TPSA) is 68.0 Å². The summed E-state index contributed by atoms with van der Waals surface area (Å²) in [5, 5.41) is 4.21. The average Bonchev–Trinajstić information content (AvgIpc) is 2.39. The normalized spacial score (nSPS) is 11.2. The molecule has 1 aromatic heterocycles. The van der Waals surface area contributed by atoms with Gasteiger partial charge in [-0.15, -0.1) is 24.8 Å². The minimum absolute atomic E-state index is 0. The van der Waals surface area contributed by atoms with Gasteiger partial charge >= 0.3 is 0 Å². The molecule has 1 aromatic carbocycles. The van der Waals surface area contributed by atoms with Crippen molar-refractivity contribution in [2.45, 2.75) is 19.4 Å². The van der Waals surface area contributed by atoms with Gasteiger partial charge in [-0.2, -0.15) is 0 Å². The largest absolute Gasteiger partial charge is 0.352 e. The highest BCUT2D eigenvalue weighted by Crippen LogP contribution is 2.24. The van der Waals surface area contributed by atoms with Gasteiger partial charge < -0.3 is 11.1 Å². The lowest BCUT2D eigenvalue weighted by Gasteiger charge is -2.09. The smallest absolute Gasteiger partial charge is 0.253 e. The Morgan fingerprint density at radius 2 is 2.10 bits per heavy atom. The first kappa shape index (κ1) is 19.9. The molecule has 0 aliphatic carbocycles. The van der Waals surface area contributed by atoms with E-state index in [0.29, 0.717) is 22.6 Å². The molecular formula is C14H18Cl3N3O. The molecule has 0 radical (unpaired) electrons. The van der Waals surface area contributed by atoms with Crippen molar-refractivity contribution in [2.24, 2.45) is 5.73 Å². The van der Waals surface area contributed by atoms with Gasteiger partial charge in [0.05, 0.1) is 16.1 Å². The predicted molar refractivity (Wildman–Crippen MR) is 91.8 cm³/mol. The van der Waals surface area contributed by atoms with Crippen LogP contribution in [0.1, 0.15) is 23.7 Å². The SMILES string of the molecule is CC(N)CCNC(=O)c1ccc(Cl)c2cccnc12.Cl.Cl. The molecule has 7 heteroatoms. The fourth-order valence-corrected chi connectivity index (χ4v) is 2.05. The van der Waals surface area contributed by atoms with Gasteiger partial charge in [0.2, 0.25) is 0 Å². The first-order valence-corrected chi connectivity index (χ1v) is 6.54. The van der Waals surface area contributed by atoms with Crippen molar-refractivity contribution in [1.82, 2.24) is 10.3 Å². The molecule has 3 N–H and O–H groups in total. The van der Waals surface area contributed by atoms with Crippen LogP contribution in [0.4, 0.5) is 0 Å². The first-order valence-electron chi connectivity index (χ1n) is 6.16. The Morgan fingerprint density at radius 1 is 1.38 bits per heavy atom. The van der Waals surface area contributed by atoms with Crippen LogP contribution in [-0.2, 0) is 0 Å². The van der Waals surface area contributed by atoms with Gasteiger partial charge in [0.15, 0.2) is 0 Å². The summed E-state index contributed by atoms with van der Waals surface area (Å²) in [6.45, 7) is 2.46. The van der Waals surface area contributed by atoms with Crippen LogP contribution in [0.2, 0.25) is 5.02 Å². The summed E-state index contributed by atoms with van der Waals surface area (Å²) in [6, 6.07) is 7.13. The Hall–Kier alpha value is -1.07. The second-order valence-corrected chi connectivity index (χ2v) is 4.92. The van der Waals surface area contributed by atoms with E-state index in [1.165, 1.54) is 0 Å². The van der Waals surface area contributed by atoms with Gasteiger partial charge in [-0.3, -0.25) is 9.78 Å². The molecule has 0 aliphatic heterocycles. The lowest BCUT2D eigenvalue weighted by atomic mass is 10.1. The molecule has 2 aromatic rings. The number of hydrogen-bond acceptors (Lipinski definition) is 3. The van der Waals surface area contributed by atoms with E-state index in [0.717, 1.165) is 11.8 Å². The van der Waals surface area contributed by atoms with Crippen molar-refractivity contribution in [3.05, 3.63) is 41.0 Å². The monoisotopic (exact) mass is 349 g/mol. The number of rotatable bonds is 4. The van der Waals surface area contributed by atoms with Gasteiger partial charge in [0.1, 0.15) is 0 Å². The van der Waals surface area contributed by atoms with Crippen LogP contribution in [0, 0.1) is 0 Å². The molecule has 1 unspecified atom stereocenters. The standard InChI is InChI=1S/C14H16ClN3O.2ClH/c1-9(16)6-8-18-14(19)11-4-5-12(15)10-3-2-7-17-13(10)11;;/h2-5,7,9H,6,8,16H2,1H3,(H,18,19);2*1H. The van der Waals surface area contributed by atoms with Crippen molar-refractivity contribution in [3.8, 4) is 0 Å². The number of nitrogens with zero attached hydrogens (tertiary/aromatic N) is 1. The van der Waals surface area contributed by atoms with Crippen molar-refractivity contribution >= 4 is 53.2 Å². The van der Waals surface area contributed by atoms with E-state index in [4.69, 9.17) is 17.3 Å². The molecule has 2 rings (SSSR count). The number of hydrogen-bond donors (Lipinski definition) is 2. The van der Waals surface area contributed by atoms with Gasteiger partial charge in [0.25, 0.3) is 5.91 Å². The van der Waals surface area contributed by atoms with Crippen LogP contribution >= 0.6 is 36.4 Å². The minimum atomic E-state index is -0.152. The van der Waals surface area contributed by atoms with Crippen LogP contribution in [0.5, 0.6) is 0 Å². The van der Waals surface area contributed by atoms with Gasteiger partial charge in [-0.1, -0.05) is 11.6 Å². The number of benzene rings is 1. The fraction of sp³-hybridized carbons (Fsp3) is 0.286. The lowest BCUT2D eigenvalue weighted by Crippen LogP contribution is -2.29. The third kappa shape index (κ3) is 5.00. The molecular weight excluding hydrogens is 333 g/mol. The third-order valence-corrected chi connectivity index (χ3v) is 3.18. The zero-order chi connectivity index (χ0) is 13.8. The van der Waals surface area contributed by atoms with E-state index in [-0.39, 0.29) is 36.8 Å². The van der Waals surface area contributed by atoms with Crippen LogP contribution in [0.25, 0.3) is 10.9 Å². The fourth-order valence-electron chi connectivity index (χ4n) is 1.83. The minimum Gasteiger partial charge on any atom is -0.352 e. The summed E-state index contributed by atoms with van der Waals surface area (Å²) in [4.78, 5) is 16.4. The number of nitrogens with one attached hydrogen (secondary N) is 1. The maximum absolute atomic E-state index is 12.1. The van der Waals surface area contributed by atoms with E-state index < -0.39 is 0 Å². The lowest BCUT2D eigenvalue weighted by molar-refractivity contribution is 0.0954. The summed E-state index contributed by atoms with van der Waals surface area (Å²) >= 11 is 6.09. The molecule has 1 heterocycles. The van der Waals surface area contributed by atoms with Crippen molar-refractivity contribution in [2.75, 3.05) is 6.54 Å². The zero-order valence-electron chi connectivity index (χ0n) is 11.5. The second-order valence-electron chi connectivity index (χ2n) is 4.52. The van der Waals surface area contributed by atoms with Crippen LogP contribution in [0.3, 0.4) is 0 Å². The number of amides is 1. The van der Waals surface area contributed by atoms with E-state index in [2.05, 4.69) is 10.3 Å². The van der Waals surface area contributed by atoms with Crippen LogP contribution in [-0.4, -0.2) is 23.5 Å². The summed E-state index contributed by atoms with van der Waals surface area (Å²) in [7, 11) is 0. The Labute approximate surface area is 141 Å². The Kier molecular flexibility index (Phi) is 8.59. The molecule has 0 aliphatic rings. The molecule has 116 valence electrons. The Morgan fingerprint density at radius 3 is 2.76 bits per heavy atom. The zero-order valence-corrected chi connectivity index (χ0v) is 13.9. The number of nitrogens with two attached hydrogens (primary N) is 1. The van der Waals surface area contributed by atoms with E-state index in [9.17, 15) is 4.79 Å². The molecule has 0 bridgehead atoms. The van der Waals surface area contributed by atoms with Crippen molar-refractivity contribution in [1.29, 1.82) is 0 Å². The molecule has 0 spiro atoms. The van der Waals surface area contributed by atoms with E-state index in [1.807, 2.05) is 13.0 Å².